The highest BCUT2D eigenvalue weighted by Crippen LogP contribution is 2.25. The van der Waals surface area contributed by atoms with Crippen LogP contribution in [0.5, 0.6) is 5.75 Å². The third kappa shape index (κ3) is 5.39. The molecule has 0 aliphatic rings. The topological polar surface area (TPSA) is 73.2 Å². The molecule has 11 heteroatoms. The molecule has 2 aromatic heterocycles. The number of fused-ring (bicyclic) bond motifs is 1. The summed E-state index contributed by atoms with van der Waals surface area (Å²) in [4.78, 5) is 29.7. The van der Waals surface area contributed by atoms with Gasteiger partial charge >= 0.3 is 6.36 Å². The van der Waals surface area contributed by atoms with Crippen molar-refractivity contribution in [2.24, 2.45) is 0 Å². The van der Waals surface area contributed by atoms with Gasteiger partial charge in [0.2, 0.25) is 5.91 Å². The number of aromatic nitrogens is 2. The van der Waals surface area contributed by atoms with Crippen LogP contribution in [-0.4, -0.2) is 27.6 Å². The summed E-state index contributed by atoms with van der Waals surface area (Å²) in [6.07, 6.45) is -3.21. The predicted octanol–water partition coefficient (Wildman–Crippen LogP) is 4.27. The van der Waals surface area contributed by atoms with E-state index in [-0.39, 0.29) is 23.6 Å². The van der Waals surface area contributed by atoms with E-state index in [1.807, 2.05) is 0 Å². The molecular weight excluding hydrogens is 427 g/mol. The molecule has 0 unspecified atom stereocenters. The first-order valence-electron chi connectivity index (χ1n) is 8.14. The molecule has 0 radical (unpaired) electrons. The van der Waals surface area contributed by atoms with Crippen LogP contribution in [0, 0.1) is 0 Å². The zero-order chi connectivity index (χ0) is 21.0. The summed E-state index contributed by atoms with van der Waals surface area (Å²) >= 11 is 2.41. The molecule has 1 amide bonds. The predicted molar refractivity (Wildman–Crippen MR) is 107 cm³/mol. The molecule has 1 aromatic carbocycles. The van der Waals surface area contributed by atoms with Crippen molar-refractivity contribution in [2.45, 2.75) is 18.1 Å². The molecule has 0 bridgehead atoms. The number of benzene rings is 1. The van der Waals surface area contributed by atoms with Gasteiger partial charge in [0.15, 0.2) is 5.16 Å². The van der Waals surface area contributed by atoms with Crippen molar-refractivity contribution in [2.75, 3.05) is 11.1 Å². The van der Waals surface area contributed by atoms with Gasteiger partial charge in [0.25, 0.3) is 5.56 Å². The molecule has 0 aliphatic heterocycles. The molecule has 3 rings (SSSR count). The van der Waals surface area contributed by atoms with E-state index in [4.69, 9.17) is 0 Å². The standard InChI is InChI=1S/C18H14F3N3O3S2/c1-2-8-24-16(26)13-7-9-28-15(13)23-17(24)29-10-14(25)22-11-3-5-12(6-4-11)27-18(19,20)21/h2-7,9H,1,8,10H2,(H,22,25). The van der Waals surface area contributed by atoms with Crippen LogP contribution in [0.1, 0.15) is 0 Å². The summed E-state index contributed by atoms with van der Waals surface area (Å²) < 4.78 is 41.7. The lowest BCUT2D eigenvalue weighted by atomic mass is 10.3. The number of halogens is 3. The zero-order valence-electron chi connectivity index (χ0n) is 14.7. The Balaban J connectivity index is 1.67. The van der Waals surface area contributed by atoms with Crippen molar-refractivity contribution in [1.82, 2.24) is 9.55 Å². The van der Waals surface area contributed by atoms with Crippen LogP contribution < -0.4 is 15.6 Å². The molecule has 2 heterocycles. The van der Waals surface area contributed by atoms with E-state index in [1.165, 1.54) is 28.0 Å². The fourth-order valence-electron chi connectivity index (χ4n) is 2.40. The molecular formula is C18H14F3N3O3S2. The molecule has 0 aliphatic carbocycles. The molecule has 29 heavy (non-hydrogen) atoms. The van der Waals surface area contributed by atoms with Gasteiger partial charge in [-0.05, 0) is 35.7 Å². The first-order chi connectivity index (χ1) is 13.8. The Hall–Kier alpha value is -2.79. The van der Waals surface area contributed by atoms with Crippen molar-refractivity contribution in [3.63, 3.8) is 0 Å². The Morgan fingerprint density at radius 1 is 1.31 bits per heavy atom. The molecule has 0 saturated heterocycles. The molecule has 0 atom stereocenters. The van der Waals surface area contributed by atoms with Crippen LogP contribution in [0.25, 0.3) is 10.2 Å². The SMILES string of the molecule is C=CCn1c(SCC(=O)Nc2ccc(OC(F)(F)F)cc2)nc2sccc2c1=O. The summed E-state index contributed by atoms with van der Waals surface area (Å²) in [5, 5.41) is 5.23. The fraction of sp³-hybridized carbons (Fsp3) is 0.167. The van der Waals surface area contributed by atoms with Crippen LogP contribution in [0.15, 0.2) is 58.3 Å². The van der Waals surface area contributed by atoms with E-state index in [0.717, 1.165) is 23.9 Å². The average molecular weight is 441 g/mol. The van der Waals surface area contributed by atoms with Gasteiger partial charge in [-0.25, -0.2) is 4.98 Å². The third-order valence-electron chi connectivity index (χ3n) is 3.56. The van der Waals surface area contributed by atoms with Gasteiger partial charge in [0, 0.05) is 12.2 Å². The summed E-state index contributed by atoms with van der Waals surface area (Å²) in [5.41, 5.74) is 0.106. The number of thiophene rings is 1. The first-order valence-corrected chi connectivity index (χ1v) is 10.0. The summed E-state index contributed by atoms with van der Waals surface area (Å²) in [6.45, 7) is 3.88. The Morgan fingerprint density at radius 3 is 2.69 bits per heavy atom. The number of rotatable bonds is 7. The number of anilines is 1. The molecule has 152 valence electrons. The van der Waals surface area contributed by atoms with Crippen LogP contribution >= 0.6 is 23.1 Å². The summed E-state index contributed by atoms with van der Waals surface area (Å²) in [7, 11) is 0. The minimum absolute atomic E-state index is 0.0404. The Kier molecular flexibility index (Phi) is 6.28. The minimum atomic E-state index is -4.78. The summed E-state index contributed by atoms with van der Waals surface area (Å²) in [5.74, 6) is -0.821. The maximum Gasteiger partial charge on any atom is 0.573 e. The van der Waals surface area contributed by atoms with E-state index < -0.39 is 12.3 Å². The fourth-order valence-corrected chi connectivity index (χ4v) is 4.01. The normalized spacial score (nSPS) is 11.4. The van der Waals surface area contributed by atoms with Crippen LogP contribution in [0.3, 0.4) is 0 Å². The molecule has 0 saturated carbocycles. The second kappa shape index (κ2) is 8.70. The van der Waals surface area contributed by atoms with Gasteiger partial charge in [-0.2, -0.15) is 0 Å². The summed E-state index contributed by atoms with van der Waals surface area (Å²) in [6, 6.07) is 6.50. The second-order valence-electron chi connectivity index (χ2n) is 5.65. The third-order valence-corrected chi connectivity index (χ3v) is 5.35. The second-order valence-corrected chi connectivity index (χ2v) is 7.48. The number of nitrogens with one attached hydrogen (secondary N) is 1. The van der Waals surface area contributed by atoms with E-state index in [2.05, 4.69) is 21.6 Å². The van der Waals surface area contributed by atoms with Crippen LogP contribution in [0.2, 0.25) is 0 Å². The highest BCUT2D eigenvalue weighted by atomic mass is 32.2. The molecule has 6 nitrogen and oxygen atoms in total. The van der Waals surface area contributed by atoms with Gasteiger partial charge in [0.1, 0.15) is 10.6 Å². The molecule has 3 aromatic rings. The van der Waals surface area contributed by atoms with E-state index in [9.17, 15) is 22.8 Å². The smallest absolute Gasteiger partial charge is 0.406 e. The van der Waals surface area contributed by atoms with Crippen molar-refractivity contribution in [3.05, 3.63) is 58.7 Å². The Bertz CT molecular complexity index is 1090. The highest BCUT2D eigenvalue weighted by Gasteiger charge is 2.30. The van der Waals surface area contributed by atoms with Crippen LogP contribution in [0.4, 0.5) is 18.9 Å². The number of carbonyl (C=O) groups is 1. The number of allylic oxidation sites excluding steroid dienone is 1. The van der Waals surface area contributed by atoms with Gasteiger partial charge in [-0.1, -0.05) is 17.8 Å². The lowest BCUT2D eigenvalue weighted by Crippen LogP contribution is -2.23. The zero-order valence-corrected chi connectivity index (χ0v) is 16.4. The quantitative estimate of drug-likeness (QED) is 0.337. The van der Waals surface area contributed by atoms with E-state index in [1.54, 1.807) is 17.5 Å². The van der Waals surface area contributed by atoms with Crippen molar-refractivity contribution in [1.29, 1.82) is 0 Å². The highest BCUT2D eigenvalue weighted by molar-refractivity contribution is 7.99. The number of hydrogen-bond donors (Lipinski definition) is 1. The maximum atomic E-state index is 12.5. The van der Waals surface area contributed by atoms with Crippen molar-refractivity contribution < 1.29 is 22.7 Å². The van der Waals surface area contributed by atoms with E-state index >= 15 is 0 Å². The average Bonchev–Trinajstić information content (AvgIpc) is 3.12. The number of hydrogen-bond acceptors (Lipinski definition) is 6. The van der Waals surface area contributed by atoms with Gasteiger partial charge in [0.05, 0.1) is 11.1 Å². The van der Waals surface area contributed by atoms with Gasteiger partial charge in [-0.3, -0.25) is 14.2 Å². The first kappa shape index (κ1) is 20.9. The minimum Gasteiger partial charge on any atom is -0.406 e. The Morgan fingerprint density at radius 2 is 2.03 bits per heavy atom. The number of thioether (sulfide) groups is 1. The van der Waals surface area contributed by atoms with Crippen LogP contribution in [-0.2, 0) is 11.3 Å². The monoisotopic (exact) mass is 441 g/mol. The largest absolute Gasteiger partial charge is 0.573 e. The lowest BCUT2D eigenvalue weighted by molar-refractivity contribution is -0.274. The number of alkyl halides is 3. The van der Waals surface area contributed by atoms with Crippen molar-refractivity contribution in [3.8, 4) is 5.75 Å². The number of carbonyl (C=O) groups excluding carboxylic acids is 1. The molecule has 0 spiro atoms. The van der Waals surface area contributed by atoms with Crippen molar-refractivity contribution >= 4 is 44.9 Å². The maximum absolute atomic E-state index is 12.5. The lowest BCUT2D eigenvalue weighted by Gasteiger charge is -2.11. The van der Waals surface area contributed by atoms with Gasteiger partial charge < -0.3 is 10.1 Å². The number of amides is 1. The Labute approximate surface area is 171 Å². The molecule has 1 N–H and O–H groups in total. The van der Waals surface area contributed by atoms with E-state index in [0.29, 0.717) is 21.1 Å². The number of ether oxygens (including phenoxy) is 1. The van der Waals surface area contributed by atoms with Gasteiger partial charge in [-0.15, -0.1) is 31.1 Å². The molecule has 0 fully saturated rings. The number of nitrogens with zero attached hydrogens (tertiary/aromatic N) is 2.